The molecule has 0 aromatic rings. The zero-order chi connectivity index (χ0) is 8.27. The van der Waals surface area contributed by atoms with Gasteiger partial charge < -0.3 is 5.32 Å². The monoisotopic (exact) mass is 155 g/mol. The number of carbonyl (C=O) groups is 1. The van der Waals surface area contributed by atoms with Gasteiger partial charge in [-0.15, -0.1) is 0 Å². The van der Waals surface area contributed by atoms with E-state index in [1.54, 1.807) is 0 Å². The van der Waals surface area contributed by atoms with Crippen molar-refractivity contribution in [1.29, 1.82) is 0 Å². The van der Waals surface area contributed by atoms with E-state index in [0.717, 1.165) is 25.2 Å². The highest BCUT2D eigenvalue weighted by atomic mass is 16.1. The summed E-state index contributed by atoms with van der Waals surface area (Å²) in [5, 5.41) is 2.97. The van der Waals surface area contributed by atoms with Crippen LogP contribution in [0.4, 0.5) is 0 Å². The lowest BCUT2D eigenvalue weighted by Crippen LogP contribution is -2.25. The number of rotatable bonds is 3. The molecule has 11 heavy (non-hydrogen) atoms. The molecule has 1 fully saturated rings. The predicted molar refractivity (Wildman–Crippen MR) is 45.2 cm³/mol. The summed E-state index contributed by atoms with van der Waals surface area (Å²) in [4.78, 5) is 10.8. The van der Waals surface area contributed by atoms with Crippen LogP contribution in [0.25, 0.3) is 0 Å². The van der Waals surface area contributed by atoms with Crippen molar-refractivity contribution >= 4 is 5.91 Å². The van der Waals surface area contributed by atoms with Crippen LogP contribution in [0.2, 0.25) is 0 Å². The Morgan fingerprint density at radius 3 is 2.82 bits per heavy atom. The van der Waals surface area contributed by atoms with E-state index in [9.17, 15) is 4.79 Å². The Morgan fingerprint density at radius 1 is 1.64 bits per heavy atom. The van der Waals surface area contributed by atoms with Gasteiger partial charge >= 0.3 is 0 Å². The highest BCUT2D eigenvalue weighted by Gasteiger charge is 2.19. The molecule has 1 amide bonds. The molecule has 64 valence electrons. The van der Waals surface area contributed by atoms with Crippen molar-refractivity contribution in [2.24, 2.45) is 5.92 Å². The molecule has 0 aromatic carbocycles. The largest absolute Gasteiger partial charge is 0.353 e. The molecule has 0 saturated carbocycles. The summed E-state index contributed by atoms with van der Waals surface area (Å²) in [6.45, 7) is 4.44. The van der Waals surface area contributed by atoms with Gasteiger partial charge in [-0.1, -0.05) is 13.8 Å². The van der Waals surface area contributed by atoms with Crippen molar-refractivity contribution in [1.82, 2.24) is 5.32 Å². The summed E-state index contributed by atoms with van der Waals surface area (Å²) in [6.07, 6.45) is 4.17. The maximum atomic E-state index is 10.8. The first-order chi connectivity index (χ1) is 5.18. The van der Waals surface area contributed by atoms with Crippen LogP contribution in [-0.4, -0.2) is 11.9 Å². The third-order valence-electron chi connectivity index (χ3n) is 2.18. The Morgan fingerprint density at radius 2 is 2.36 bits per heavy atom. The molecule has 1 aliphatic rings. The molecule has 1 heterocycles. The van der Waals surface area contributed by atoms with E-state index in [-0.39, 0.29) is 5.91 Å². The first-order valence-electron chi connectivity index (χ1n) is 4.48. The van der Waals surface area contributed by atoms with Gasteiger partial charge in [-0.05, 0) is 25.2 Å². The van der Waals surface area contributed by atoms with E-state index in [4.69, 9.17) is 0 Å². The second-order valence-corrected chi connectivity index (χ2v) is 3.77. The Hall–Kier alpha value is -0.530. The minimum Gasteiger partial charge on any atom is -0.353 e. The number of hydrogen-bond acceptors (Lipinski definition) is 1. The molecule has 1 aliphatic heterocycles. The minimum absolute atomic E-state index is 0.235. The van der Waals surface area contributed by atoms with Crippen LogP contribution in [0.15, 0.2) is 0 Å². The van der Waals surface area contributed by atoms with E-state index in [0.29, 0.717) is 6.04 Å². The molecular formula is C9H17NO. The van der Waals surface area contributed by atoms with E-state index in [1.807, 2.05) is 0 Å². The van der Waals surface area contributed by atoms with E-state index in [1.165, 1.54) is 6.42 Å². The van der Waals surface area contributed by atoms with Crippen molar-refractivity contribution in [2.45, 2.75) is 45.6 Å². The van der Waals surface area contributed by atoms with Crippen LogP contribution in [0.5, 0.6) is 0 Å². The molecular weight excluding hydrogens is 138 g/mol. The van der Waals surface area contributed by atoms with Gasteiger partial charge in [0.25, 0.3) is 0 Å². The van der Waals surface area contributed by atoms with Gasteiger partial charge in [0.1, 0.15) is 0 Å². The Kier molecular flexibility index (Phi) is 2.92. The van der Waals surface area contributed by atoms with Crippen LogP contribution in [0.3, 0.4) is 0 Å². The van der Waals surface area contributed by atoms with Gasteiger partial charge in [-0.2, -0.15) is 0 Å². The Labute approximate surface area is 68.4 Å². The van der Waals surface area contributed by atoms with Gasteiger partial charge in [0.15, 0.2) is 0 Å². The summed E-state index contributed by atoms with van der Waals surface area (Å²) >= 11 is 0. The Bertz CT molecular complexity index is 142. The van der Waals surface area contributed by atoms with Crippen molar-refractivity contribution < 1.29 is 4.79 Å². The lowest BCUT2D eigenvalue weighted by atomic mass is 10.0. The maximum absolute atomic E-state index is 10.8. The summed E-state index contributed by atoms with van der Waals surface area (Å²) in [5.74, 6) is 0.992. The SMILES string of the molecule is CC(C)CCC1CCC(=O)N1. The standard InChI is InChI=1S/C9H17NO/c1-7(2)3-4-8-5-6-9(11)10-8/h7-8H,3-6H2,1-2H3,(H,10,11). The fraction of sp³-hybridized carbons (Fsp3) is 0.889. The van der Waals surface area contributed by atoms with Crippen molar-refractivity contribution in [2.75, 3.05) is 0 Å². The van der Waals surface area contributed by atoms with Crippen molar-refractivity contribution in [3.05, 3.63) is 0 Å². The van der Waals surface area contributed by atoms with E-state index in [2.05, 4.69) is 19.2 Å². The second-order valence-electron chi connectivity index (χ2n) is 3.77. The smallest absolute Gasteiger partial charge is 0.220 e. The molecule has 2 heteroatoms. The molecule has 1 saturated heterocycles. The summed E-state index contributed by atoms with van der Waals surface area (Å²) in [6, 6.07) is 0.477. The van der Waals surface area contributed by atoms with Crippen molar-refractivity contribution in [3.8, 4) is 0 Å². The number of carbonyl (C=O) groups excluding carboxylic acids is 1. The lowest BCUT2D eigenvalue weighted by Gasteiger charge is -2.10. The van der Waals surface area contributed by atoms with Gasteiger partial charge in [-0.3, -0.25) is 4.79 Å². The number of hydrogen-bond donors (Lipinski definition) is 1. The maximum Gasteiger partial charge on any atom is 0.220 e. The fourth-order valence-electron chi connectivity index (χ4n) is 1.43. The number of nitrogens with one attached hydrogen (secondary N) is 1. The first-order valence-corrected chi connectivity index (χ1v) is 4.48. The molecule has 1 rings (SSSR count). The predicted octanol–water partition coefficient (Wildman–Crippen LogP) is 1.70. The zero-order valence-corrected chi connectivity index (χ0v) is 7.39. The first kappa shape index (κ1) is 8.57. The molecule has 0 radical (unpaired) electrons. The molecule has 0 aliphatic carbocycles. The summed E-state index contributed by atoms with van der Waals surface area (Å²) in [7, 11) is 0. The number of amides is 1. The zero-order valence-electron chi connectivity index (χ0n) is 7.39. The Balaban J connectivity index is 2.13. The molecule has 0 aromatic heterocycles. The van der Waals surface area contributed by atoms with Crippen LogP contribution in [0, 0.1) is 5.92 Å². The molecule has 1 unspecified atom stereocenters. The van der Waals surface area contributed by atoms with Crippen LogP contribution >= 0.6 is 0 Å². The quantitative estimate of drug-likeness (QED) is 0.660. The minimum atomic E-state index is 0.235. The van der Waals surface area contributed by atoms with Gasteiger partial charge in [0.2, 0.25) is 5.91 Å². The van der Waals surface area contributed by atoms with Gasteiger partial charge in [0.05, 0.1) is 0 Å². The highest BCUT2D eigenvalue weighted by molar-refractivity contribution is 5.78. The van der Waals surface area contributed by atoms with E-state index < -0.39 is 0 Å². The van der Waals surface area contributed by atoms with Crippen LogP contribution in [0.1, 0.15) is 39.5 Å². The summed E-state index contributed by atoms with van der Waals surface area (Å²) < 4.78 is 0. The normalized spacial score (nSPS) is 24.3. The highest BCUT2D eigenvalue weighted by Crippen LogP contribution is 2.14. The average molecular weight is 155 g/mol. The molecule has 2 nitrogen and oxygen atoms in total. The topological polar surface area (TPSA) is 29.1 Å². The van der Waals surface area contributed by atoms with Gasteiger partial charge in [-0.25, -0.2) is 0 Å². The molecule has 1 atom stereocenters. The molecule has 1 N–H and O–H groups in total. The van der Waals surface area contributed by atoms with E-state index >= 15 is 0 Å². The molecule has 0 spiro atoms. The second kappa shape index (κ2) is 3.74. The summed E-state index contributed by atoms with van der Waals surface area (Å²) in [5.41, 5.74) is 0. The molecule has 0 bridgehead atoms. The van der Waals surface area contributed by atoms with Gasteiger partial charge in [0, 0.05) is 12.5 Å². The average Bonchev–Trinajstić information content (AvgIpc) is 2.31. The van der Waals surface area contributed by atoms with Crippen LogP contribution in [-0.2, 0) is 4.79 Å². The fourth-order valence-corrected chi connectivity index (χ4v) is 1.43. The lowest BCUT2D eigenvalue weighted by molar-refractivity contribution is -0.119. The third kappa shape index (κ3) is 2.91. The van der Waals surface area contributed by atoms with Crippen molar-refractivity contribution in [3.63, 3.8) is 0 Å². The van der Waals surface area contributed by atoms with Crippen LogP contribution < -0.4 is 5.32 Å². The third-order valence-corrected chi connectivity index (χ3v) is 2.18.